The molecular formula is C24H28N2O5. The van der Waals surface area contributed by atoms with Gasteiger partial charge in [-0.2, -0.15) is 0 Å². The first-order valence-corrected chi connectivity index (χ1v) is 10.3. The van der Waals surface area contributed by atoms with E-state index in [0.29, 0.717) is 48.0 Å². The molecule has 0 aliphatic carbocycles. The van der Waals surface area contributed by atoms with Crippen LogP contribution in [0, 0.1) is 0 Å². The fraction of sp³-hybridized carbons (Fsp3) is 0.333. The molecular weight excluding hydrogens is 396 g/mol. The van der Waals surface area contributed by atoms with Crippen molar-refractivity contribution in [3.05, 3.63) is 59.8 Å². The van der Waals surface area contributed by atoms with E-state index in [2.05, 4.69) is 5.32 Å². The van der Waals surface area contributed by atoms with Crippen molar-refractivity contribution in [2.24, 2.45) is 0 Å². The van der Waals surface area contributed by atoms with Crippen molar-refractivity contribution < 1.29 is 23.8 Å². The number of nitrogens with zero attached hydrogens (tertiary/aromatic N) is 1. The van der Waals surface area contributed by atoms with Crippen LogP contribution in [0.15, 0.2) is 54.2 Å². The molecule has 2 aromatic carbocycles. The Morgan fingerprint density at radius 2 is 1.71 bits per heavy atom. The fourth-order valence-electron chi connectivity index (χ4n) is 3.32. The van der Waals surface area contributed by atoms with E-state index in [4.69, 9.17) is 14.2 Å². The Morgan fingerprint density at radius 3 is 2.39 bits per heavy atom. The van der Waals surface area contributed by atoms with Crippen LogP contribution in [0.1, 0.15) is 25.3 Å². The van der Waals surface area contributed by atoms with Gasteiger partial charge in [0, 0.05) is 32.0 Å². The highest BCUT2D eigenvalue weighted by Crippen LogP contribution is 2.32. The lowest BCUT2D eigenvalue weighted by atomic mass is 10.0. The van der Waals surface area contributed by atoms with Gasteiger partial charge in [-0.1, -0.05) is 25.1 Å². The van der Waals surface area contributed by atoms with Gasteiger partial charge >= 0.3 is 0 Å². The Kier molecular flexibility index (Phi) is 7.67. The van der Waals surface area contributed by atoms with E-state index in [-0.39, 0.29) is 24.1 Å². The van der Waals surface area contributed by atoms with Crippen LogP contribution in [-0.4, -0.2) is 50.7 Å². The number of hydrogen-bond acceptors (Lipinski definition) is 6. The molecule has 31 heavy (non-hydrogen) atoms. The second-order valence-corrected chi connectivity index (χ2v) is 7.09. The molecule has 0 atom stereocenters. The number of hydrogen-bond donors (Lipinski definition) is 1. The predicted molar refractivity (Wildman–Crippen MR) is 119 cm³/mol. The van der Waals surface area contributed by atoms with Crippen LogP contribution in [0.2, 0.25) is 0 Å². The summed E-state index contributed by atoms with van der Waals surface area (Å²) in [6, 6.07) is 14.5. The molecule has 3 rings (SSSR count). The summed E-state index contributed by atoms with van der Waals surface area (Å²) in [5.41, 5.74) is 1.91. The number of anilines is 1. The van der Waals surface area contributed by atoms with Crippen LogP contribution < -0.4 is 14.8 Å². The second-order valence-electron chi connectivity index (χ2n) is 7.09. The van der Waals surface area contributed by atoms with E-state index >= 15 is 0 Å². The average Bonchev–Trinajstić information content (AvgIpc) is 3.02. The van der Waals surface area contributed by atoms with Crippen molar-refractivity contribution in [2.45, 2.75) is 19.8 Å². The minimum Gasteiger partial charge on any atom is -0.497 e. The monoisotopic (exact) mass is 424 g/mol. The van der Waals surface area contributed by atoms with Gasteiger partial charge in [0.15, 0.2) is 0 Å². The molecule has 0 saturated heterocycles. The molecule has 1 heterocycles. The Morgan fingerprint density at radius 1 is 0.935 bits per heavy atom. The maximum Gasteiger partial charge on any atom is 0.278 e. The van der Waals surface area contributed by atoms with Gasteiger partial charge in [0.1, 0.15) is 17.2 Å². The Balaban J connectivity index is 1.94. The van der Waals surface area contributed by atoms with Crippen LogP contribution in [0.5, 0.6) is 11.5 Å². The van der Waals surface area contributed by atoms with Gasteiger partial charge in [0.05, 0.1) is 19.3 Å². The van der Waals surface area contributed by atoms with E-state index in [0.717, 1.165) is 6.42 Å². The third kappa shape index (κ3) is 5.24. The zero-order valence-electron chi connectivity index (χ0n) is 18.1. The van der Waals surface area contributed by atoms with Gasteiger partial charge in [0.2, 0.25) is 0 Å². The van der Waals surface area contributed by atoms with E-state index < -0.39 is 0 Å². The van der Waals surface area contributed by atoms with Crippen LogP contribution in [0.25, 0.3) is 5.57 Å². The number of ether oxygens (including phenoxy) is 3. The summed E-state index contributed by atoms with van der Waals surface area (Å²) in [4.78, 5) is 27.6. The van der Waals surface area contributed by atoms with Crippen LogP contribution in [0.3, 0.4) is 0 Å². The topological polar surface area (TPSA) is 77.1 Å². The SMILES string of the molecule is CCCOc1cccc(NC2=C(c3ccc(OC)cc3)C(=O)N(CCCOC)C2=O)c1. The lowest BCUT2D eigenvalue weighted by Crippen LogP contribution is -2.33. The molecule has 0 spiro atoms. The third-order valence-corrected chi connectivity index (χ3v) is 4.85. The normalized spacial score (nSPS) is 13.7. The first kappa shape index (κ1) is 22.4. The summed E-state index contributed by atoms with van der Waals surface area (Å²) in [5, 5.41) is 3.16. The molecule has 0 saturated carbocycles. The number of imide groups is 1. The van der Waals surface area contributed by atoms with Gasteiger partial charge < -0.3 is 19.5 Å². The summed E-state index contributed by atoms with van der Waals surface area (Å²) >= 11 is 0. The number of methoxy groups -OCH3 is 2. The van der Waals surface area contributed by atoms with Gasteiger partial charge in [-0.05, 0) is 42.7 Å². The van der Waals surface area contributed by atoms with Gasteiger partial charge in [-0.25, -0.2) is 0 Å². The fourth-order valence-corrected chi connectivity index (χ4v) is 3.32. The number of rotatable bonds is 11. The van der Waals surface area contributed by atoms with Crippen molar-refractivity contribution in [1.82, 2.24) is 4.90 Å². The molecule has 0 fully saturated rings. The zero-order valence-corrected chi connectivity index (χ0v) is 18.1. The molecule has 1 aliphatic heterocycles. The van der Waals surface area contributed by atoms with Crippen molar-refractivity contribution in [3.8, 4) is 11.5 Å². The van der Waals surface area contributed by atoms with Crippen LogP contribution in [0.4, 0.5) is 5.69 Å². The van der Waals surface area contributed by atoms with Crippen molar-refractivity contribution in [2.75, 3.05) is 39.3 Å². The first-order chi connectivity index (χ1) is 15.1. The summed E-state index contributed by atoms with van der Waals surface area (Å²) in [5.74, 6) is 0.694. The lowest BCUT2D eigenvalue weighted by Gasteiger charge is -2.15. The van der Waals surface area contributed by atoms with Crippen LogP contribution in [-0.2, 0) is 14.3 Å². The number of amides is 2. The van der Waals surface area contributed by atoms with Crippen molar-refractivity contribution in [3.63, 3.8) is 0 Å². The Bertz CT molecular complexity index is 953. The highest BCUT2D eigenvalue weighted by Gasteiger charge is 2.38. The average molecular weight is 424 g/mol. The van der Waals surface area contributed by atoms with E-state index in [1.165, 1.54) is 4.90 Å². The standard InChI is InChI=1S/C24H28N2O5/c1-4-14-31-20-8-5-7-18(16-20)25-22-21(17-9-11-19(30-3)12-10-17)23(27)26(24(22)28)13-6-15-29-2/h5,7-12,16,25H,4,6,13-15H2,1-3H3. The van der Waals surface area contributed by atoms with Crippen molar-refractivity contribution >= 4 is 23.1 Å². The summed E-state index contributed by atoms with van der Waals surface area (Å²) < 4.78 is 16.0. The maximum absolute atomic E-state index is 13.2. The molecule has 0 unspecified atom stereocenters. The third-order valence-electron chi connectivity index (χ3n) is 4.85. The minimum absolute atomic E-state index is 0.250. The molecule has 164 valence electrons. The molecule has 1 aliphatic rings. The van der Waals surface area contributed by atoms with E-state index in [1.807, 2.05) is 31.2 Å². The smallest absolute Gasteiger partial charge is 0.278 e. The maximum atomic E-state index is 13.2. The highest BCUT2D eigenvalue weighted by atomic mass is 16.5. The number of nitrogens with one attached hydrogen (secondary N) is 1. The molecule has 1 N–H and O–H groups in total. The molecule has 0 aromatic heterocycles. The second kappa shape index (κ2) is 10.6. The van der Waals surface area contributed by atoms with Crippen LogP contribution >= 0.6 is 0 Å². The molecule has 7 nitrogen and oxygen atoms in total. The number of carbonyl (C=O) groups excluding carboxylic acids is 2. The molecule has 7 heteroatoms. The first-order valence-electron chi connectivity index (χ1n) is 10.3. The van der Waals surface area contributed by atoms with Gasteiger partial charge in [-0.15, -0.1) is 0 Å². The predicted octanol–water partition coefficient (Wildman–Crippen LogP) is 3.71. The number of benzene rings is 2. The molecule has 0 radical (unpaired) electrons. The van der Waals surface area contributed by atoms with Gasteiger partial charge in [-0.3, -0.25) is 14.5 Å². The summed E-state index contributed by atoms with van der Waals surface area (Å²) in [6.07, 6.45) is 1.46. The van der Waals surface area contributed by atoms with E-state index in [1.54, 1.807) is 38.5 Å². The molecule has 2 amide bonds. The minimum atomic E-state index is -0.355. The Hall–Kier alpha value is -3.32. The van der Waals surface area contributed by atoms with E-state index in [9.17, 15) is 9.59 Å². The lowest BCUT2D eigenvalue weighted by molar-refractivity contribution is -0.136. The Labute approximate surface area is 182 Å². The largest absolute Gasteiger partial charge is 0.497 e. The summed E-state index contributed by atoms with van der Waals surface area (Å²) in [7, 11) is 3.17. The highest BCUT2D eigenvalue weighted by molar-refractivity contribution is 6.36. The van der Waals surface area contributed by atoms with Crippen molar-refractivity contribution in [1.29, 1.82) is 0 Å². The zero-order chi connectivity index (χ0) is 22.2. The van der Waals surface area contributed by atoms with Gasteiger partial charge in [0.25, 0.3) is 11.8 Å². The molecule has 0 bridgehead atoms. The summed E-state index contributed by atoms with van der Waals surface area (Å²) in [6.45, 7) is 3.40. The molecule has 2 aromatic rings. The number of carbonyl (C=O) groups is 2. The quantitative estimate of drug-likeness (QED) is 0.438.